The number of aryl methyl sites for hydroxylation is 1. The van der Waals surface area contributed by atoms with Crippen molar-refractivity contribution in [2.24, 2.45) is 4.99 Å². The van der Waals surface area contributed by atoms with Crippen molar-refractivity contribution >= 4 is 29.0 Å². The number of thiazole rings is 1. The van der Waals surface area contributed by atoms with Gasteiger partial charge in [-0.15, -0.1) is 0 Å². The smallest absolute Gasteiger partial charge is 0.271 e. The fraction of sp³-hybridized carbons (Fsp3) is 0.135. The van der Waals surface area contributed by atoms with Crippen LogP contribution in [0.4, 0.5) is 5.69 Å². The lowest BCUT2D eigenvalue weighted by Gasteiger charge is -2.25. The summed E-state index contributed by atoms with van der Waals surface area (Å²) in [6.45, 7) is 4.00. The average molecular weight is 627 g/mol. The molecule has 1 amide bonds. The summed E-state index contributed by atoms with van der Waals surface area (Å²) in [5.41, 5.74) is 5.30. The summed E-state index contributed by atoms with van der Waals surface area (Å²) in [5, 5.41) is 12.4. The molecule has 46 heavy (non-hydrogen) atoms. The number of fused-ring (bicyclic) bond motifs is 1. The van der Waals surface area contributed by atoms with Crippen molar-refractivity contribution in [3.63, 3.8) is 0 Å². The summed E-state index contributed by atoms with van der Waals surface area (Å²) in [6, 6.07) is 31.3. The molecule has 1 atom stereocenters. The van der Waals surface area contributed by atoms with Crippen LogP contribution in [0.5, 0.6) is 11.5 Å². The van der Waals surface area contributed by atoms with Crippen LogP contribution in [0, 0.1) is 18.3 Å². The van der Waals surface area contributed by atoms with Gasteiger partial charge in [0.1, 0.15) is 6.61 Å². The zero-order valence-electron chi connectivity index (χ0n) is 25.5. The van der Waals surface area contributed by atoms with Gasteiger partial charge in [0, 0.05) is 11.3 Å². The fourth-order valence-electron chi connectivity index (χ4n) is 5.35. The number of nitrogens with zero attached hydrogens (tertiary/aromatic N) is 3. The summed E-state index contributed by atoms with van der Waals surface area (Å²) in [6.07, 6.45) is 1.79. The minimum Gasteiger partial charge on any atom is -0.493 e. The topological polar surface area (TPSA) is 106 Å². The van der Waals surface area contributed by atoms with E-state index >= 15 is 0 Å². The fourth-order valence-corrected chi connectivity index (χ4v) is 6.40. The normalized spacial score (nSPS) is 14.2. The molecule has 0 spiro atoms. The van der Waals surface area contributed by atoms with E-state index in [1.165, 1.54) is 11.3 Å². The van der Waals surface area contributed by atoms with Gasteiger partial charge in [0.15, 0.2) is 16.3 Å². The Labute approximate surface area is 269 Å². The first-order chi connectivity index (χ1) is 22.4. The van der Waals surface area contributed by atoms with E-state index in [-0.39, 0.29) is 18.1 Å². The van der Waals surface area contributed by atoms with Crippen molar-refractivity contribution in [3.05, 3.63) is 156 Å². The monoisotopic (exact) mass is 626 g/mol. The molecule has 0 saturated heterocycles. The maximum absolute atomic E-state index is 14.1. The van der Waals surface area contributed by atoms with Gasteiger partial charge < -0.3 is 14.8 Å². The van der Waals surface area contributed by atoms with Crippen molar-refractivity contribution in [3.8, 4) is 17.6 Å². The number of nitriles is 1. The van der Waals surface area contributed by atoms with Gasteiger partial charge in [-0.1, -0.05) is 83.6 Å². The van der Waals surface area contributed by atoms with Crippen LogP contribution in [0.25, 0.3) is 6.08 Å². The number of carbonyl (C=O) groups excluding carboxylic acids is 1. The van der Waals surface area contributed by atoms with E-state index in [9.17, 15) is 14.9 Å². The molecule has 228 valence electrons. The Balaban J connectivity index is 1.37. The van der Waals surface area contributed by atoms with Crippen molar-refractivity contribution in [2.75, 3.05) is 12.4 Å². The molecule has 0 aliphatic carbocycles. The zero-order chi connectivity index (χ0) is 32.2. The molecule has 0 unspecified atom stereocenters. The van der Waals surface area contributed by atoms with Gasteiger partial charge in [-0.3, -0.25) is 14.2 Å². The SMILES string of the molecule is COc1cc(/C=c2/sc3n(c2=O)[C@H](c2ccc(C)cc2)C(C(=O)Nc2ccccc2)=C(C)N=3)ccc1OCc1ccccc1C#N. The van der Waals surface area contributed by atoms with Crippen molar-refractivity contribution in [1.29, 1.82) is 5.26 Å². The van der Waals surface area contributed by atoms with Crippen LogP contribution in [-0.2, 0) is 11.4 Å². The molecule has 6 rings (SSSR count). The first-order valence-electron chi connectivity index (χ1n) is 14.6. The number of hydrogen-bond acceptors (Lipinski definition) is 7. The van der Waals surface area contributed by atoms with Crippen LogP contribution < -0.4 is 29.7 Å². The van der Waals surface area contributed by atoms with E-state index in [1.807, 2.05) is 85.8 Å². The first-order valence-corrected chi connectivity index (χ1v) is 15.4. The Hall–Kier alpha value is -5.72. The van der Waals surface area contributed by atoms with E-state index in [0.717, 1.165) is 22.3 Å². The summed E-state index contributed by atoms with van der Waals surface area (Å²) >= 11 is 1.27. The molecule has 5 aromatic rings. The molecule has 0 bridgehead atoms. The number of anilines is 1. The second-order valence-electron chi connectivity index (χ2n) is 10.8. The highest BCUT2D eigenvalue weighted by Gasteiger charge is 2.32. The lowest BCUT2D eigenvalue weighted by atomic mass is 9.94. The molecule has 9 heteroatoms. The number of aromatic nitrogens is 1. The first kappa shape index (κ1) is 30.3. The number of methoxy groups -OCH3 is 1. The lowest BCUT2D eigenvalue weighted by molar-refractivity contribution is -0.113. The van der Waals surface area contributed by atoms with Gasteiger partial charge in [-0.05, 0) is 61.4 Å². The number of allylic oxidation sites excluding steroid dienone is 1. The van der Waals surface area contributed by atoms with E-state index in [0.29, 0.717) is 43.4 Å². The molecule has 0 radical (unpaired) electrons. The number of amides is 1. The Morgan fingerprint density at radius 1 is 1.00 bits per heavy atom. The maximum Gasteiger partial charge on any atom is 0.271 e. The number of benzene rings is 4. The molecule has 1 aliphatic rings. The lowest BCUT2D eigenvalue weighted by Crippen LogP contribution is -2.40. The number of carbonyl (C=O) groups is 1. The number of para-hydroxylation sites is 1. The van der Waals surface area contributed by atoms with E-state index < -0.39 is 6.04 Å². The van der Waals surface area contributed by atoms with Gasteiger partial charge >= 0.3 is 0 Å². The summed E-state index contributed by atoms with van der Waals surface area (Å²) in [7, 11) is 1.55. The maximum atomic E-state index is 14.1. The second kappa shape index (κ2) is 13.1. The number of rotatable bonds is 8. The zero-order valence-corrected chi connectivity index (χ0v) is 26.3. The minimum absolute atomic E-state index is 0.205. The molecule has 1 aliphatic heterocycles. The number of nitrogens with one attached hydrogen (secondary N) is 1. The minimum atomic E-state index is -0.663. The van der Waals surface area contributed by atoms with Gasteiger partial charge in [0.25, 0.3) is 11.5 Å². The molecule has 0 saturated carbocycles. The highest BCUT2D eigenvalue weighted by molar-refractivity contribution is 7.07. The Morgan fingerprint density at radius 2 is 1.74 bits per heavy atom. The summed E-state index contributed by atoms with van der Waals surface area (Å²) in [4.78, 5) is 33.1. The molecule has 1 N–H and O–H groups in total. The second-order valence-corrected chi connectivity index (χ2v) is 11.8. The van der Waals surface area contributed by atoms with Gasteiger partial charge in [0.05, 0.1) is 40.6 Å². The third-order valence-corrected chi connectivity index (χ3v) is 8.68. The van der Waals surface area contributed by atoms with Crippen LogP contribution in [0.3, 0.4) is 0 Å². The molecule has 1 aromatic heterocycles. The van der Waals surface area contributed by atoms with Crippen LogP contribution in [0.2, 0.25) is 0 Å². The summed E-state index contributed by atoms with van der Waals surface area (Å²) in [5.74, 6) is 0.687. The predicted molar refractivity (Wildman–Crippen MR) is 178 cm³/mol. The Morgan fingerprint density at radius 3 is 2.48 bits per heavy atom. The number of hydrogen-bond donors (Lipinski definition) is 1. The van der Waals surface area contributed by atoms with Crippen LogP contribution in [0.15, 0.2) is 118 Å². The highest BCUT2D eigenvalue weighted by atomic mass is 32.1. The molecular weight excluding hydrogens is 596 g/mol. The third-order valence-electron chi connectivity index (χ3n) is 7.70. The van der Waals surface area contributed by atoms with Gasteiger partial charge in [-0.25, -0.2) is 4.99 Å². The Bertz CT molecular complexity index is 2190. The quantitative estimate of drug-likeness (QED) is 0.240. The number of ether oxygens (including phenoxy) is 2. The van der Waals surface area contributed by atoms with Crippen molar-refractivity contribution in [2.45, 2.75) is 26.5 Å². The molecule has 4 aromatic carbocycles. The molecule has 0 fully saturated rings. The molecule has 2 heterocycles. The van der Waals surface area contributed by atoms with Crippen LogP contribution >= 0.6 is 11.3 Å². The average Bonchev–Trinajstić information content (AvgIpc) is 3.37. The van der Waals surface area contributed by atoms with Crippen molar-refractivity contribution in [1.82, 2.24) is 4.57 Å². The molecular formula is C37H30N4O4S. The summed E-state index contributed by atoms with van der Waals surface area (Å²) < 4.78 is 13.7. The van der Waals surface area contributed by atoms with Crippen molar-refractivity contribution < 1.29 is 14.3 Å². The van der Waals surface area contributed by atoms with E-state index in [1.54, 1.807) is 42.9 Å². The third kappa shape index (κ3) is 6.11. The Kier molecular flexibility index (Phi) is 8.63. The van der Waals surface area contributed by atoms with Gasteiger partial charge in [0.2, 0.25) is 0 Å². The molecule has 8 nitrogen and oxygen atoms in total. The van der Waals surface area contributed by atoms with Crippen LogP contribution in [0.1, 0.15) is 40.8 Å². The predicted octanol–water partition coefficient (Wildman–Crippen LogP) is 5.64. The standard InChI is InChI=1S/C37H30N4O4S/c1-23-13-16-26(17-14-23)34-33(35(42)40-29-11-5-4-6-12-29)24(2)39-37-41(34)36(43)32(46-37)20-25-15-18-30(31(19-25)44-3)45-22-28-10-8-7-9-27(28)21-38/h4-20,34H,22H2,1-3H3,(H,40,42)/b32-20+/t34-/m1/s1. The van der Waals surface area contributed by atoms with Gasteiger partial charge in [-0.2, -0.15) is 5.26 Å². The van der Waals surface area contributed by atoms with Crippen LogP contribution in [-0.4, -0.2) is 17.6 Å². The van der Waals surface area contributed by atoms with E-state index in [2.05, 4.69) is 11.4 Å². The largest absolute Gasteiger partial charge is 0.493 e. The highest BCUT2D eigenvalue weighted by Crippen LogP contribution is 2.32. The van der Waals surface area contributed by atoms with E-state index in [4.69, 9.17) is 14.5 Å².